The smallest absolute Gasteiger partial charge is 0.0434 e. The van der Waals surface area contributed by atoms with Crippen LogP contribution in [-0.2, 0) is 19.3 Å². The summed E-state index contributed by atoms with van der Waals surface area (Å²) in [6.45, 7) is 4.76. The zero-order valence-corrected chi connectivity index (χ0v) is 10.6. The Balaban J connectivity index is 2.79. The predicted octanol–water partition coefficient (Wildman–Crippen LogP) is 3.52. The van der Waals surface area contributed by atoms with Crippen molar-refractivity contribution >= 4 is 0 Å². The monoisotopic (exact) mass is 220 g/mol. The third-order valence-corrected chi connectivity index (χ3v) is 2.93. The van der Waals surface area contributed by atoms with Crippen LogP contribution in [0.5, 0.6) is 0 Å². The Morgan fingerprint density at radius 3 is 2.25 bits per heavy atom. The van der Waals surface area contributed by atoms with Gasteiger partial charge in [0.2, 0.25) is 0 Å². The van der Waals surface area contributed by atoms with Gasteiger partial charge in [0.15, 0.2) is 0 Å². The quantitative estimate of drug-likeness (QED) is 0.745. The van der Waals surface area contributed by atoms with Crippen LogP contribution >= 0.6 is 0 Å². The molecule has 1 nitrogen and oxygen atoms in total. The first-order chi connectivity index (χ1) is 7.81. The van der Waals surface area contributed by atoms with Crippen molar-refractivity contribution in [1.29, 1.82) is 0 Å². The van der Waals surface area contributed by atoms with Crippen LogP contribution in [0, 0.1) is 0 Å². The topological polar surface area (TPSA) is 20.2 Å². The maximum atomic E-state index is 8.84. The summed E-state index contributed by atoms with van der Waals surface area (Å²) in [6.07, 6.45) is 6.67. The van der Waals surface area contributed by atoms with Crippen molar-refractivity contribution in [1.82, 2.24) is 0 Å². The van der Waals surface area contributed by atoms with Crippen molar-refractivity contribution in [3.63, 3.8) is 0 Å². The van der Waals surface area contributed by atoms with Crippen LogP contribution in [0.4, 0.5) is 0 Å². The van der Waals surface area contributed by atoms with Crippen molar-refractivity contribution in [3.8, 4) is 0 Å². The Kier molecular flexibility index (Phi) is 6.17. The van der Waals surface area contributed by atoms with Gasteiger partial charge in [0.25, 0.3) is 0 Å². The summed E-state index contributed by atoms with van der Waals surface area (Å²) in [5.41, 5.74) is 4.40. The van der Waals surface area contributed by atoms with Crippen LogP contribution in [-0.4, -0.2) is 11.7 Å². The van der Waals surface area contributed by atoms with Crippen molar-refractivity contribution in [2.24, 2.45) is 0 Å². The zero-order chi connectivity index (χ0) is 11.8. The predicted molar refractivity (Wildman–Crippen MR) is 69.8 cm³/mol. The van der Waals surface area contributed by atoms with Crippen LogP contribution in [0.2, 0.25) is 0 Å². The van der Waals surface area contributed by atoms with Crippen LogP contribution in [0.1, 0.15) is 49.8 Å². The molecule has 0 saturated carbocycles. The van der Waals surface area contributed by atoms with E-state index in [4.69, 9.17) is 5.11 Å². The second-order valence-corrected chi connectivity index (χ2v) is 4.43. The van der Waals surface area contributed by atoms with E-state index in [1.54, 1.807) is 0 Å². The fraction of sp³-hybridized carbons (Fsp3) is 0.600. The van der Waals surface area contributed by atoms with Crippen molar-refractivity contribution < 1.29 is 5.11 Å². The fourth-order valence-electron chi connectivity index (χ4n) is 2.13. The normalized spacial score (nSPS) is 10.7. The number of rotatable bonds is 7. The van der Waals surface area contributed by atoms with E-state index in [0.29, 0.717) is 6.61 Å². The second kappa shape index (κ2) is 7.45. The molecule has 0 aliphatic rings. The molecule has 1 N–H and O–H groups in total. The summed E-state index contributed by atoms with van der Waals surface area (Å²) in [7, 11) is 0. The van der Waals surface area contributed by atoms with E-state index in [9.17, 15) is 0 Å². The number of aryl methyl sites for hydroxylation is 3. The number of aliphatic hydroxyl groups is 1. The van der Waals surface area contributed by atoms with Gasteiger partial charge >= 0.3 is 0 Å². The van der Waals surface area contributed by atoms with E-state index in [-0.39, 0.29) is 0 Å². The maximum absolute atomic E-state index is 8.84. The molecule has 0 aliphatic heterocycles. The SMILES string of the molecule is CCCc1ccc(CCCO)cc1CCC. The molecule has 0 heterocycles. The van der Waals surface area contributed by atoms with E-state index in [2.05, 4.69) is 32.0 Å². The minimum atomic E-state index is 0.291. The first-order valence-electron chi connectivity index (χ1n) is 6.53. The first-order valence-corrected chi connectivity index (χ1v) is 6.53. The summed E-state index contributed by atoms with van der Waals surface area (Å²) in [5.74, 6) is 0. The highest BCUT2D eigenvalue weighted by atomic mass is 16.2. The minimum absolute atomic E-state index is 0.291. The molecular weight excluding hydrogens is 196 g/mol. The number of hydrogen-bond donors (Lipinski definition) is 1. The molecule has 0 aliphatic carbocycles. The van der Waals surface area contributed by atoms with Gasteiger partial charge in [0.05, 0.1) is 0 Å². The molecule has 1 rings (SSSR count). The Bertz CT molecular complexity index is 304. The molecule has 0 atom stereocenters. The molecule has 16 heavy (non-hydrogen) atoms. The molecule has 0 aromatic heterocycles. The van der Waals surface area contributed by atoms with E-state index < -0.39 is 0 Å². The third-order valence-electron chi connectivity index (χ3n) is 2.93. The molecule has 90 valence electrons. The van der Waals surface area contributed by atoms with Crippen LogP contribution in [0.25, 0.3) is 0 Å². The summed E-state index contributed by atoms with van der Waals surface area (Å²) < 4.78 is 0. The Morgan fingerprint density at radius 2 is 1.62 bits per heavy atom. The fourth-order valence-corrected chi connectivity index (χ4v) is 2.13. The molecule has 0 spiro atoms. The summed E-state index contributed by atoms with van der Waals surface area (Å²) in [6, 6.07) is 6.84. The van der Waals surface area contributed by atoms with Gasteiger partial charge in [-0.15, -0.1) is 0 Å². The summed E-state index contributed by atoms with van der Waals surface area (Å²) in [4.78, 5) is 0. The molecular formula is C15H24O. The molecule has 0 saturated heterocycles. The Hall–Kier alpha value is -0.820. The lowest BCUT2D eigenvalue weighted by Gasteiger charge is -2.10. The summed E-state index contributed by atoms with van der Waals surface area (Å²) in [5, 5.41) is 8.84. The van der Waals surface area contributed by atoms with E-state index in [1.165, 1.54) is 42.4 Å². The van der Waals surface area contributed by atoms with Crippen molar-refractivity contribution in [2.45, 2.75) is 52.4 Å². The van der Waals surface area contributed by atoms with Gasteiger partial charge in [0.1, 0.15) is 0 Å². The van der Waals surface area contributed by atoms with Gasteiger partial charge in [-0.25, -0.2) is 0 Å². The van der Waals surface area contributed by atoms with Crippen LogP contribution < -0.4 is 0 Å². The lowest BCUT2D eigenvalue weighted by molar-refractivity contribution is 0.288. The van der Waals surface area contributed by atoms with Crippen LogP contribution in [0.15, 0.2) is 18.2 Å². The highest BCUT2D eigenvalue weighted by molar-refractivity contribution is 5.32. The van der Waals surface area contributed by atoms with Gasteiger partial charge < -0.3 is 5.11 Å². The molecule has 1 heteroatoms. The number of benzene rings is 1. The van der Waals surface area contributed by atoms with Crippen molar-refractivity contribution in [3.05, 3.63) is 34.9 Å². The van der Waals surface area contributed by atoms with Gasteiger partial charge in [-0.3, -0.25) is 0 Å². The average molecular weight is 220 g/mol. The zero-order valence-electron chi connectivity index (χ0n) is 10.6. The van der Waals surface area contributed by atoms with E-state index in [0.717, 1.165) is 12.8 Å². The molecule has 0 fully saturated rings. The van der Waals surface area contributed by atoms with Crippen molar-refractivity contribution in [2.75, 3.05) is 6.61 Å². The average Bonchev–Trinajstić information content (AvgIpc) is 2.30. The maximum Gasteiger partial charge on any atom is 0.0434 e. The Morgan fingerprint density at radius 1 is 0.938 bits per heavy atom. The van der Waals surface area contributed by atoms with Gasteiger partial charge in [0, 0.05) is 6.61 Å². The molecule has 0 bridgehead atoms. The third kappa shape index (κ3) is 3.97. The summed E-state index contributed by atoms with van der Waals surface area (Å²) >= 11 is 0. The number of aliphatic hydroxyl groups excluding tert-OH is 1. The molecule has 0 amide bonds. The van der Waals surface area contributed by atoms with E-state index >= 15 is 0 Å². The van der Waals surface area contributed by atoms with Gasteiger partial charge in [-0.1, -0.05) is 44.9 Å². The number of hydrogen-bond acceptors (Lipinski definition) is 1. The molecule has 0 radical (unpaired) electrons. The lowest BCUT2D eigenvalue weighted by Crippen LogP contribution is -1.97. The van der Waals surface area contributed by atoms with Crippen LogP contribution in [0.3, 0.4) is 0 Å². The van der Waals surface area contributed by atoms with Gasteiger partial charge in [-0.05, 0) is 42.4 Å². The Labute approximate surface area is 99.5 Å². The standard InChI is InChI=1S/C15H24O/c1-3-6-14-10-9-13(8-5-11-16)12-15(14)7-4-2/h9-10,12,16H,3-8,11H2,1-2H3. The second-order valence-electron chi connectivity index (χ2n) is 4.43. The van der Waals surface area contributed by atoms with Gasteiger partial charge in [-0.2, -0.15) is 0 Å². The minimum Gasteiger partial charge on any atom is -0.396 e. The van der Waals surface area contributed by atoms with E-state index in [1.807, 2.05) is 0 Å². The highest BCUT2D eigenvalue weighted by Gasteiger charge is 2.03. The molecule has 0 unspecified atom stereocenters. The molecule has 1 aromatic rings. The highest BCUT2D eigenvalue weighted by Crippen LogP contribution is 2.17. The largest absolute Gasteiger partial charge is 0.396 e. The first kappa shape index (κ1) is 13.2. The molecule has 1 aromatic carbocycles. The lowest BCUT2D eigenvalue weighted by atomic mass is 9.96.